The van der Waals surface area contributed by atoms with Crippen LogP contribution in [0.15, 0.2) is 30.5 Å². The lowest BCUT2D eigenvalue weighted by Gasteiger charge is -2.17. The third-order valence-corrected chi connectivity index (χ3v) is 3.33. The Morgan fingerprint density at radius 3 is 2.62 bits per heavy atom. The van der Waals surface area contributed by atoms with Gasteiger partial charge in [0.2, 0.25) is 0 Å². The van der Waals surface area contributed by atoms with E-state index >= 15 is 0 Å². The first-order valence-corrected chi connectivity index (χ1v) is 6.70. The van der Waals surface area contributed by atoms with E-state index in [9.17, 15) is 4.79 Å². The van der Waals surface area contributed by atoms with Crippen molar-refractivity contribution in [3.63, 3.8) is 0 Å². The molecule has 0 radical (unpaired) electrons. The Morgan fingerprint density at radius 1 is 1.33 bits per heavy atom. The number of aromatic carboxylic acids is 1. The summed E-state index contributed by atoms with van der Waals surface area (Å²) in [5, 5.41) is 12.3. The van der Waals surface area contributed by atoms with Crippen LogP contribution in [0.25, 0.3) is 0 Å². The van der Waals surface area contributed by atoms with Gasteiger partial charge in [-0.05, 0) is 30.7 Å². The second-order valence-electron chi connectivity index (χ2n) is 4.88. The Bertz CT molecular complexity index is 687. The van der Waals surface area contributed by atoms with Crippen molar-refractivity contribution in [2.75, 3.05) is 24.3 Å². The third kappa shape index (κ3) is 3.44. The Kier molecular flexibility index (Phi) is 4.33. The van der Waals surface area contributed by atoms with Gasteiger partial charge in [-0.25, -0.2) is 9.78 Å². The van der Waals surface area contributed by atoms with Crippen LogP contribution in [0.3, 0.4) is 0 Å². The van der Waals surface area contributed by atoms with Crippen LogP contribution in [0.2, 0.25) is 5.02 Å². The van der Waals surface area contributed by atoms with Crippen LogP contribution in [0.4, 0.5) is 17.2 Å². The molecule has 21 heavy (non-hydrogen) atoms. The van der Waals surface area contributed by atoms with Gasteiger partial charge in [-0.3, -0.25) is 0 Å². The molecule has 0 aliphatic heterocycles. The van der Waals surface area contributed by atoms with E-state index in [1.807, 2.05) is 44.1 Å². The number of nitrogens with zero attached hydrogens (tertiary/aromatic N) is 2. The highest BCUT2D eigenvalue weighted by atomic mass is 35.5. The summed E-state index contributed by atoms with van der Waals surface area (Å²) >= 11 is 6.06. The zero-order valence-corrected chi connectivity index (χ0v) is 12.8. The topological polar surface area (TPSA) is 65.5 Å². The highest BCUT2D eigenvalue weighted by Gasteiger charge is 2.09. The van der Waals surface area contributed by atoms with Gasteiger partial charge in [0.1, 0.15) is 5.82 Å². The molecule has 5 nitrogen and oxygen atoms in total. The number of hydrogen-bond acceptors (Lipinski definition) is 4. The first-order valence-electron chi connectivity index (χ1n) is 6.32. The highest BCUT2D eigenvalue weighted by Crippen LogP contribution is 2.27. The minimum atomic E-state index is -1.05. The van der Waals surface area contributed by atoms with Crippen molar-refractivity contribution < 1.29 is 9.90 Å². The summed E-state index contributed by atoms with van der Waals surface area (Å²) in [6.45, 7) is 2.03. The molecule has 2 N–H and O–H groups in total. The van der Waals surface area contributed by atoms with Gasteiger partial charge in [0.05, 0.1) is 10.6 Å². The first kappa shape index (κ1) is 15.1. The molecular weight excluding hydrogens is 290 g/mol. The van der Waals surface area contributed by atoms with E-state index in [0.29, 0.717) is 5.82 Å². The van der Waals surface area contributed by atoms with Crippen molar-refractivity contribution in [3.8, 4) is 0 Å². The number of aromatic nitrogens is 1. The molecule has 0 spiro atoms. The number of carboxylic acid groups (broad SMARTS) is 1. The van der Waals surface area contributed by atoms with E-state index in [0.717, 1.165) is 16.9 Å². The van der Waals surface area contributed by atoms with Gasteiger partial charge in [0, 0.05) is 31.7 Å². The quantitative estimate of drug-likeness (QED) is 0.904. The van der Waals surface area contributed by atoms with Gasteiger partial charge in [-0.2, -0.15) is 0 Å². The molecule has 0 saturated heterocycles. The number of aryl methyl sites for hydroxylation is 1. The van der Waals surface area contributed by atoms with E-state index in [1.54, 1.807) is 0 Å². The Labute approximate surface area is 128 Å². The molecular formula is C15H16ClN3O2. The molecule has 0 amide bonds. The zero-order chi connectivity index (χ0) is 15.6. The normalized spacial score (nSPS) is 10.3. The number of nitrogens with one attached hydrogen (secondary N) is 1. The lowest BCUT2D eigenvalue weighted by Crippen LogP contribution is -2.10. The van der Waals surface area contributed by atoms with Crippen LogP contribution in [-0.2, 0) is 0 Å². The van der Waals surface area contributed by atoms with Gasteiger partial charge in [0.15, 0.2) is 0 Å². The molecule has 0 fully saturated rings. The van der Waals surface area contributed by atoms with Gasteiger partial charge in [-0.15, -0.1) is 0 Å². The van der Waals surface area contributed by atoms with E-state index in [4.69, 9.17) is 16.7 Å². The molecule has 0 bridgehead atoms. The Balaban J connectivity index is 2.30. The lowest BCUT2D eigenvalue weighted by atomic mass is 10.1. The lowest BCUT2D eigenvalue weighted by molar-refractivity contribution is 0.0696. The largest absolute Gasteiger partial charge is 0.478 e. The van der Waals surface area contributed by atoms with Crippen molar-refractivity contribution in [2.45, 2.75) is 6.92 Å². The monoisotopic (exact) mass is 305 g/mol. The van der Waals surface area contributed by atoms with Crippen LogP contribution in [0.5, 0.6) is 0 Å². The predicted octanol–water partition coefficient (Wildman–Crippen LogP) is 3.55. The molecule has 0 unspecified atom stereocenters. The van der Waals surface area contributed by atoms with Gasteiger partial charge in [0.25, 0.3) is 0 Å². The molecule has 1 heterocycles. The average Bonchev–Trinajstić information content (AvgIpc) is 2.42. The molecule has 110 valence electrons. The maximum atomic E-state index is 10.9. The maximum absolute atomic E-state index is 10.9. The van der Waals surface area contributed by atoms with Crippen LogP contribution in [-0.4, -0.2) is 30.2 Å². The number of anilines is 3. The molecule has 1 aromatic carbocycles. The molecule has 0 aliphatic carbocycles. The molecule has 6 heteroatoms. The van der Waals surface area contributed by atoms with Crippen LogP contribution in [0, 0.1) is 6.92 Å². The van der Waals surface area contributed by atoms with Gasteiger partial charge in [-0.1, -0.05) is 17.7 Å². The fourth-order valence-corrected chi connectivity index (χ4v) is 2.17. The fraction of sp³-hybridized carbons (Fsp3) is 0.200. The summed E-state index contributed by atoms with van der Waals surface area (Å²) < 4.78 is 0. The van der Waals surface area contributed by atoms with Crippen molar-refractivity contribution in [2.24, 2.45) is 0 Å². The summed E-state index contributed by atoms with van der Waals surface area (Å²) in [4.78, 5) is 16.9. The predicted molar refractivity (Wildman–Crippen MR) is 85.0 cm³/mol. The average molecular weight is 306 g/mol. The Hall–Kier alpha value is -2.27. The summed E-state index contributed by atoms with van der Waals surface area (Å²) in [6.07, 6.45) is 1.28. The van der Waals surface area contributed by atoms with E-state index in [2.05, 4.69) is 10.3 Å². The Morgan fingerprint density at radius 2 is 2.05 bits per heavy atom. The minimum Gasteiger partial charge on any atom is -0.478 e. The van der Waals surface area contributed by atoms with Crippen molar-refractivity contribution >= 4 is 34.8 Å². The minimum absolute atomic E-state index is 0.0587. The third-order valence-electron chi connectivity index (χ3n) is 3.04. The first-order chi connectivity index (χ1) is 9.88. The number of hydrogen-bond donors (Lipinski definition) is 2. The molecule has 2 rings (SSSR count). The second-order valence-corrected chi connectivity index (χ2v) is 5.29. The molecule has 2 aromatic rings. The number of carboxylic acids is 1. The van der Waals surface area contributed by atoms with Crippen LogP contribution >= 0.6 is 11.6 Å². The number of benzene rings is 1. The van der Waals surface area contributed by atoms with Gasteiger partial charge < -0.3 is 15.3 Å². The highest BCUT2D eigenvalue weighted by molar-refractivity contribution is 6.33. The van der Waals surface area contributed by atoms with E-state index in [-0.39, 0.29) is 10.6 Å². The van der Waals surface area contributed by atoms with Crippen LogP contribution < -0.4 is 10.2 Å². The molecule has 0 atom stereocenters. The number of halogens is 1. The number of carbonyl (C=O) groups is 1. The second kappa shape index (κ2) is 6.01. The molecule has 1 aromatic heterocycles. The summed E-state index contributed by atoms with van der Waals surface area (Å²) in [7, 11) is 3.94. The summed E-state index contributed by atoms with van der Waals surface area (Å²) in [6, 6.07) is 7.28. The van der Waals surface area contributed by atoms with Gasteiger partial charge >= 0.3 is 5.97 Å². The van der Waals surface area contributed by atoms with Crippen LogP contribution in [0.1, 0.15) is 15.9 Å². The van der Waals surface area contributed by atoms with Crippen molar-refractivity contribution in [1.29, 1.82) is 0 Å². The van der Waals surface area contributed by atoms with Crippen molar-refractivity contribution in [3.05, 3.63) is 46.6 Å². The smallest absolute Gasteiger partial charge is 0.337 e. The SMILES string of the molecule is Cc1ccc(Nc2ncc(C(=O)O)cc2Cl)cc1N(C)C. The number of rotatable bonds is 4. The standard InChI is InChI=1S/C15H16ClN3O2/c1-9-4-5-11(7-13(9)19(2)3)18-14-12(16)6-10(8-17-14)15(20)21/h4-8H,1-3H3,(H,17,18)(H,20,21). The summed E-state index contributed by atoms with van der Waals surface area (Å²) in [5.74, 6) is -0.628. The zero-order valence-electron chi connectivity index (χ0n) is 12.0. The number of pyridine rings is 1. The molecule has 0 saturated carbocycles. The van der Waals surface area contributed by atoms with Crippen molar-refractivity contribution in [1.82, 2.24) is 4.98 Å². The molecule has 0 aliphatic rings. The summed E-state index contributed by atoms with van der Waals surface area (Å²) in [5.41, 5.74) is 3.13. The van der Waals surface area contributed by atoms with E-state index in [1.165, 1.54) is 12.3 Å². The maximum Gasteiger partial charge on any atom is 0.337 e. The van der Waals surface area contributed by atoms with E-state index < -0.39 is 5.97 Å². The fourth-order valence-electron chi connectivity index (χ4n) is 1.95.